The van der Waals surface area contributed by atoms with Crippen molar-refractivity contribution in [2.45, 2.75) is 18.9 Å². The number of sulfone groups is 1. The van der Waals surface area contributed by atoms with Crippen molar-refractivity contribution in [2.75, 3.05) is 16.8 Å². The number of rotatable bonds is 3. The van der Waals surface area contributed by atoms with Gasteiger partial charge in [-0.1, -0.05) is 12.1 Å². The smallest absolute Gasteiger partial charge is 0.152 e. The molecule has 2 heterocycles. The lowest BCUT2D eigenvalue weighted by molar-refractivity contribution is 0.562. The van der Waals surface area contributed by atoms with E-state index in [1.807, 2.05) is 30.3 Å². The van der Waals surface area contributed by atoms with Gasteiger partial charge in [-0.3, -0.25) is 5.10 Å². The average molecular weight is 291 g/mol. The Labute approximate surface area is 118 Å². The fourth-order valence-electron chi connectivity index (χ4n) is 2.54. The van der Waals surface area contributed by atoms with Crippen molar-refractivity contribution >= 4 is 15.5 Å². The second kappa shape index (κ2) is 5.28. The van der Waals surface area contributed by atoms with Crippen molar-refractivity contribution in [1.82, 2.24) is 10.2 Å². The van der Waals surface area contributed by atoms with Crippen LogP contribution in [0.4, 0.5) is 5.69 Å². The van der Waals surface area contributed by atoms with E-state index < -0.39 is 9.84 Å². The standard InChI is InChI=1S/C14H17N3O2S/c18-20(19)9-1-2-13(10-20)16-12-5-3-11(4-6-12)14-7-8-15-17-14/h3-8,13,16H,1-2,9-10H2,(H,15,17). The first-order chi connectivity index (χ1) is 9.62. The number of hydrogen-bond acceptors (Lipinski definition) is 4. The SMILES string of the molecule is O=S1(=O)CCCC(Nc2ccc(-c3ccn[nH]3)cc2)C1. The third-order valence-electron chi connectivity index (χ3n) is 3.53. The van der Waals surface area contributed by atoms with Crippen molar-refractivity contribution in [3.63, 3.8) is 0 Å². The van der Waals surface area contributed by atoms with Gasteiger partial charge in [0.1, 0.15) is 0 Å². The number of nitrogens with zero attached hydrogens (tertiary/aromatic N) is 1. The molecule has 1 aliphatic rings. The maximum absolute atomic E-state index is 11.6. The summed E-state index contributed by atoms with van der Waals surface area (Å²) in [6.07, 6.45) is 3.36. The van der Waals surface area contributed by atoms with Gasteiger partial charge in [-0.05, 0) is 36.6 Å². The second-order valence-corrected chi connectivity index (χ2v) is 7.37. The molecule has 106 valence electrons. The van der Waals surface area contributed by atoms with Gasteiger partial charge in [0.2, 0.25) is 0 Å². The Balaban J connectivity index is 1.69. The Morgan fingerprint density at radius 1 is 1.20 bits per heavy atom. The molecular weight excluding hydrogens is 274 g/mol. The zero-order valence-corrected chi connectivity index (χ0v) is 11.9. The second-order valence-electron chi connectivity index (χ2n) is 5.15. The van der Waals surface area contributed by atoms with Crippen LogP contribution in [0.15, 0.2) is 36.5 Å². The minimum atomic E-state index is -2.87. The maximum atomic E-state index is 11.6. The molecule has 2 aromatic rings. The van der Waals surface area contributed by atoms with Crippen LogP contribution < -0.4 is 5.32 Å². The van der Waals surface area contributed by atoms with Crippen LogP contribution in [0, 0.1) is 0 Å². The molecule has 0 amide bonds. The fraction of sp³-hybridized carbons (Fsp3) is 0.357. The molecule has 3 rings (SSSR count). The number of aromatic amines is 1. The van der Waals surface area contributed by atoms with Crippen LogP contribution in [0.5, 0.6) is 0 Å². The highest BCUT2D eigenvalue weighted by atomic mass is 32.2. The van der Waals surface area contributed by atoms with Crippen LogP contribution >= 0.6 is 0 Å². The van der Waals surface area contributed by atoms with Gasteiger partial charge >= 0.3 is 0 Å². The third-order valence-corrected chi connectivity index (χ3v) is 5.35. The topological polar surface area (TPSA) is 74.8 Å². The van der Waals surface area contributed by atoms with Crippen molar-refractivity contribution < 1.29 is 8.42 Å². The van der Waals surface area contributed by atoms with Gasteiger partial charge in [0, 0.05) is 17.9 Å². The monoisotopic (exact) mass is 291 g/mol. The Kier molecular flexibility index (Phi) is 3.48. The van der Waals surface area contributed by atoms with E-state index in [-0.39, 0.29) is 11.8 Å². The van der Waals surface area contributed by atoms with Gasteiger partial charge in [-0.2, -0.15) is 5.10 Å². The van der Waals surface area contributed by atoms with Crippen molar-refractivity contribution in [1.29, 1.82) is 0 Å². The largest absolute Gasteiger partial charge is 0.381 e. The lowest BCUT2D eigenvalue weighted by atomic mass is 10.1. The number of nitrogens with one attached hydrogen (secondary N) is 2. The van der Waals surface area contributed by atoms with Gasteiger partial charge in [-0.25, -0.2) is 8.42 Å². The van der Waals surface area contributed by atoms with Gasteiger partial charge < -0.3 is 5.32 Å². The predicted octanol–water partition coefficient (Wildman–Crippen LogP) is 2.07. The molecule has 1 fully saturated rings. The Morgan fingerprint density at radius 3 is 2.65 bits per heavy atom. The summed E-state index contributed by atoms with van der Waals surface area (Å²) in [4.78, 5) is 0. The molecule has 0 saturated carbocycles. The summed E-state index contributed by atoms with van der Waals surface area (Å²) >= 11 is 0. The summed E-state index contributed by atoms with van der Waals surface area (Å²) in [5.74, 6) is 0.555. The highest BCUT2D eigenvalue weighted by Gasteiger charge is 2.24. The number of anilines is 1. The molecule has 1 saturated heterocycles. The molecule has 1 aromatic heterocycles. The van der Waals surface area contributed by atoms with Gasteiger partial charge in [0.25, 0.3) is 0 Å². The minimum absolute atomic E-state index is 0.0201. The summed E-state index contributed by atoms with van der Waals surface area (Å²) in [5, 5.41) is 10.1. The zero-order chi connectivity index (χ0) is 14.0. The molecular formula is C14H17N3O2S. The van der Waals surface area contributed by atoms with E-state index in [2.05, 4.69) is 15.5 Å². The van der Waals surface area contributed by atoms with Gasteiger partial charge in [0.15, 0.2) is 9.84 Å². The summed E-state index contributed by atoms with van der Waals surface area (Å²) in [6, 6.07) is 9.86. The Bertz CT molecular complexity index is 663. The number of benzene rings is 1. The summed E-state index contributed by atoms with van der Waals surface area (Å²) < 4.78 is 23.2. The molecule has 1 atom stereocenters. The average Bonchev–Trinajstić information content (AvgIpc) is 2.92. The van der Waals surface area contributed by atoms with Crippen LogP contribution in [-0.4, -0.2) is 36.2 Å². The van der Waals surface area contributed by atoms with Crippen LogP contribution in [0.2, 0.25) is 0 Å². The molecule has 20 heavy (non-hydrogen) atoms. The molecule has 5 nitrogen and oxygen atoms in total. The van der Waals surface area contributed by atoms with Crippen LogP contribution in [0.3, 0.4) is 0 Å². The quantitative estimate of drug-likeness (QED) is 0.907. The van der Waals surface area contributed by atoms with Crippen LogP contribution in [0.25, 0.3) is 11.3 Å². The summed E-state index contributed by atoms with van der Waals surface area (Å²) in [7, 11) is -2.87. The number of H-pyrrole nitrogens is 1. The highest BCUT2D eigenvalue weighted by Crippen LogP contribution is 2.21. The first-order valence-electron chi connectivity index (χ1n) is 6.69. The predicted molar refractivity (Wildman–Crippen MR) is 79.3 cm³/mol. The van der Waals surface area contributed by atoms with Crippen molar-refractivity contribution in [3.8, 4) is 11.3 Å². The highest BCUT2D eigenvalue weighted by molar-refractivity contribution is 7.91. The summed E-state index contributed by atoms with van der Waals surface area (Å²) in [6.45, 7) is 0. The maximum Gasteiger partial charge on any atom is 0.152 e. The molecule has 1 aliphatic heterocycles. The van der Waals surface area contributed by atoms with Crippen molar-refractivity contribution in [3.05, 3.63) is 36.5 Å². The third kappa shape index (κ3) is 3.01. The zero-order valence-electron chi connectivity index (χ0n) is 11.0. The Morgan fingerprint density at radius 2 is 2.00 bits per heavy atom. The normalized spacial score (nSPS) is 21.5. The molecule has 1 aromatic carbocycles. The molecule has 2 N–H and O–H groups in total. The van der Waals surface area contributed by atoms with E-state index in [0.717, 1.165) is 29.8 Å². The minimum Gasteiger partial charge on any atom is -0.381 e. The van der Waals surface area contributed by atoms with E-state index >= 15 is 0 Å². The molecule has 1 unspecified atom stereocenters. The van der Waals surface area contributed by atoms with Crippen LogP contribution in [-0.2, 0) is 9.84 Å². The van der Waals surface area contributed by atoms with E-state index in [0.29, 0.717) is 5.75 Å². The van der Waals surface area contributed by atoms with E-state index in [9.17, 15) is 8.42 Å². The molecule has 0 radical (unpaired) electrons. The van der Waals surface area contributed by atoms with Gasteiger partial charge in [-0.15, -0.1) is 0 Å². The number of hydrogen-bond donors (Lipinski definition) is 2. The van der Waals surface area contributed by atoms with E-state index in [1.54, 1.807) is 6.20 Å². The summed E-state index contributed by atoms with van der Waals surface area (Å²) in [5.41, 5.74) is 2.98. The van der Waals surface area contributed by atoms with Crippen molar-refractivity contribution in [2.24, 2.45) is 0 Å². The molecule has 0 aliphatic carbocycles. The molecule has 0 spiro atoms. The Hall–Kier alpha value is -1.82. The first kappa shape index (κ1) is 13.2. The molecule has 0 bridgehead atoms. The van der Waals surface area contributed by atoms with E-state index in [4.69, 9.17) is 0 Å². The molecule has 6 heteroatoms. The number of aromatic nitrogens is 2. The first-order valence-corrected chi connectivity index (χ1v) is 8.51. The lowest BCUT2D eigenvalue weighted by Crippen LogP contribution is -2.34. The van der Waals surface area contributed by atoms with Crippen LogP contribution in [0.1, 0.15) is 12.8 Å². The fourth-order valence-corrected chi connectivity index (χ4v) is 4.17. The van der Waals surface area contributed by atoms with E-state index in [1.165, 1.54) is 0 Å². The lowest BCUT2D eigenvalue weighted by Gasteiger charge is -2.24. The van der Waals surface area contributed by atoms with Gasteiger partial charge in [0.05, 0.1) is 17.2 Å².